The lowest BCUT2D eigenvalue weighted by atomic mass is 10.3. The van der Waals surface area contributed by atoms with Gasteiger partial charge in [0.05, 0.1) is 6.10 Å². The molecule has 0 radical (unpaired) electrons. The van der Waals surface area contributed by atoms with E-state index >= 15 is 0 Å². The van der Waals surface area contributed by atoms with Crippen LogP contribution in [0.15, 0.2) is 0 Å². The Morgan fingerprint density at radius 1 is 1.60 bits per heavy atom. The Bertz CT molecular complexity index is 199. The average Bonchev–Trinajstić information content (AvgIpc) is 2.43. The van der Waals surface area contributed by atoms with Crippen LogP contribution in [0.5, 0.6) is 0 Å². The van der Waals surface area contributed by atoms with Crippen molar-refractivity contribution < 1.29 is 4.74 Å². The Hall–Kier alpha value is -0.350. The van der Waals surface area contributed by atoms with Crippen LogP contribution in [-0.4, -0.2) is 42.4 Å². The summed E-state index contributed by atoms with van der Waals surface area (Å²) < 4.78 is 5.58. The molecule has 88 valence electrons. The van der Waals surface area contributed by atoms with Gasteiger partial charge in [0.15, 0.2) is 5.11 Å². The lowest BCUT2D eigenvalue weighted by Gasteiger charge is -2.25. The zero-order chi connectivity index (χ0) is 11.1. The van der Waals surface area contributed by atoms with Crippen LogP contribution in [0.1, 0.15) is 33.1 Å². The third-order valence-corrected chi connectivity index (χ3v) is 2.95. The van der Waals surface area contributed by atoms with E-state index in [0.717, 1.165) is 37.8 Å². The highest BCUT2D eigenvalue weighted by Gasteiger charge is 2.16. The number of unbranched alkanes of at least 4 members (excludes halogenated alkanes) is 1. The molecule has 0 aromatic rings. The van der Waals surface area contributed by atoms with Crippen molar-refractivity contribution >= 4 is 17.3 Å². The third kappa shape index (κ3) is 4.80. The summed E-state index contributed by atoms with van der Waals surface area (Å²) >= 11 is 5.36. The van der Waals surface area contributed by atoms with Crippen molar-refractivity contribution in [1.82, 2.24) is 10.2 Å². The molecule has 1 unspecified atom stereocenters. The molecule has 0 bridgehead atoms. The van der Waals surface area contributed by atoms with Crippen LogP contribution in [0.3, 0.4) is 0 Å². The molecular formula is C11H22N2OS. The van der Waals surface area contributed by atoms with E-state index in [1.54, 1.807) is 0 Å². The van der Waals surface area contributed by atoms with E-state index in [0.29, 0.717) is 6.10 Å². The van der Waals surface area contributed by atoms with Gasteiger partial charge in [-0.1, -0.05) is 13.3 Å². The number of hydrogen-bond acceptors (Lipinski definition) is 2. The van der Waals surface area contributed by atoms with Crippen molar-refractivity contribution in [3.05, 3.63) is 0 Å². The Morgan fingerprint density at radius 3 is 3.13 bits per heavy atom. The molecule has 3 nitrogen and oxygen atoms in total. The summed E-state index contributed by atoms with van der Waals surface area (Å²) in [5, 5.41) is 4.19. The summed E-state index contributed by atoms with van der Waals surface area (Å²) in [6.07, 6.45) is 3.74. The maximum atomic E-state index is 5.58. The molecule has 1 aliphatic rings. The lowest BCUT2D eigenvalue weighted by Crippen LogP contribution is -2.42. The quantitative estimate of drug-likeness (QED) is 0.590. The summed E-state index contributed by atoms with van der Waals surface area (Å²) in [4.78, 5) is 2.22. The van der Waals surface area contributed by atoms with Crippen LogP contribution in [0, 0.1) is 0 Å². The predicted octanol–water partition coefficient (Wildman–Crippen LogP) is 1.77. The van der Waals surface area contributed by atoms with Gasteiger partial charge in [-0.15, -0.1) is 0 Å². The van der Waals surface area contributed by atoms with Gasteiger partial charge in [-0.3, -0.25) is 0 Å². The van der Waals surface area contributed by atoms with Crippen LogP contribution < -0.4 is 5.32 Å². The smallest absolute Gasteiger partial charge is 0.169 e. The first-order valence-corrected chi connectivity index (χ1v) is 6.29. The molecule has 1 atom stereocenters. The van der Waals surface area contributed by atoms with E-state index < -0.39 is 0 Å². The highest BCUT2D eigenvalue weighted by molar-refractivity contribution is 7.80. The van der Waals surface area contributed by atoms with Crippen molar-refractivity contribution in [2.45, 2.75) is 39.2 Å². The molecule has 0 spiro atoms. The first-order valence-electron chi connectivity index (χ1n) is 5.88. The first kappa shape index (κ1) is 12.7. The molecule has 1 rings (SSSR count). The fourth-order valence-corrected chi connectivity index (χ4v) is 1.93. The van der Waals surface area contributed by atoms with Gasteiger partial charge >= 0.3 is 0 Å². The highest BCUT2D eigenvalue weighted by atomic mass is 32.1. The van der Waals surface area contributed by atoms with Crippen LogP contribution in [0.25, 0.3) is 0 Å². The number of nitrogens with zero attached hydrogens (tertiary/aromatic N) is 1. The van der Waals surface area contributed by atoms with Gasteiger partial charge < -0.3 is 15.0 Å². The summed E-state index contributed by atoms with van der Waals surface area (Å²) in [5.74, 6) is 0. The second kappa shape index (κ2) is 7.01. The fraction of sp³-hybridized carbons (Fsp3) is 0.909. The maximum absolute atomic E-state index is 5.58. The zero-order valence-corrected chi connectivity index (χ0v) is 10.6. The molecule has 0 amide bonds. The molecule has 1 saturated heterocycles. The summed E-state index contributed by atoms with van der Waals surface area (Å²) in [7, 11) is 0. The SMILES string of the molecule is CCCCNC(=S)N1CCCOC(C)C1. The predicted molar refractivity (Wildman–Crippen MR) is 67.1 cm³/mol. The molecule has 0 aromatic heterocycles. The Kier molecular flexibility index (Phi) is 5.95. The molecule has 0 aromatic carbocycles. The Balaban J connectivity index is 2.29. The molecule has 0 aliphatic carbocycles. The number of thiocarbonyl (C=S) groups is 1. The second-order valence-electron chi connectivity index (χ2n) is 4.07. The van der Waals surface area contributed by atoms with E-state index in [-0.39, 0.29) is 0 Å². The van der Waals surface area contributed by atoms with Crippen LogP contribution in [0.2, 0.25) is 0 Å². The molecular weight excluding hydrogens is 208 g/mol. The maximum Gasteiger partial charge on any atom is 0.169 e. The number of ether oxygens (including phenoxy) is 1. The summed E-state index contributed by atoms with van der Waals surface area (Å²) in [6, 6.07) is 0. The van der Waals surface area contributed by atoms with Gasteiger partial charge in [0.2, 0.25) is 0 Å². The topological polar surface area (TPSA) is 24.5 Å². The van der Waals surface area contributed by atoms with Gasteiger partial charge in [-0.05, 0) is 32.0 Å². The molecule has 1 aliphatic heterocycles. The minimum absolute atomic E-state index is 0.290. The minimum atomic E-state index is 0.290. The fourth-order valence-electron chi connectivity index (χ4n) is 1.66. The van der Waals surface area contributed by atoms with Crippen molar-refractivity contribution in [3.8, 4) is 0 Å². The van der Waals surface area contributed by atoms with E-state index in [1.807, 2.05) is 0 Å². The standard InChI is InChI=1S/C11H22N2OS/c1-3-4-6-12-11(15)13-7-5-8-14-10(2)9-13/h10H,3-9H2,1-2H3,(H,12,15). The second-order valence-corrected chi connectivity index (χ2v) is 4.45. The molecule has 4 heteroatoms. The normalized spacial score (nSPS) is 22.3. The van der Waals surface area contributed by atoms with Gasteiger partial charge in [0.1, 0.15) is 0 Å². The average molecular weight is 230 g/mol. The molecule has 1 fully saturated rings. The van der Waals surface area contributed by atoms with Crippen molar-refractivity contribution in [1.29, 1.82) is 0 Å². The van der Waals surface area contributed by atoms with Crippen LogP contribution in [-0.2, 0) is 4.74 Å². The van der Waals surface area contributed by atoms with E-state index in [1.165, 1.54) is 12.8 Å². The van der Waals surface area contributed by atoms with Crippen LogP contribution >= 0.6 is 12.2 Å². The van der Waals surface area contributed by atoms with Gasteiger partial charge in [0.25, 0.3) is 0 Å². The minimum Gasteiger partial charge on any atom is -0.377 e. The zero-order valence-electron chi connectivity index (χ0n) is 9.79. The monoisotopic (exact) mass is 230 g/mol. The summed E-state index contributed by atoms with van der Waals surface area (Å²) in [6.45, 7) is 8.07. The van der Waals surface area contributed by atoms with Crippen molar-refractivity contribution in [2.75, 3.05) is 26.2 Å². The van der Waals surface area contributed by atoms with Crippen molar-refractivity contribution in [3.63, 3.8) is 0 Å². The summed E-state index contributed by atoms with van der Waals surface area (Å²) in [5.41, 5.74) is 0. The largest absolute Gasteiger partial charge is 0.377 e. The Morgan fingerprint density at radius 2 is 2.40 bits per heavy atom. The molecule has 1 N–H and O–H groups in total. The Labute approximate surface area is 98.2 Å². The van der Waals surface area contributed by atoms with E-state index in [9.17, 15) is 0 Å². The molecule has 1 heterocycles. The lowest BCUT2D eigenvalue weighted by molar-refractivity contribution is 0.0743. The molecule has 0 saturated carbocycles. The first-order chi connectivity index (χ1) is 7.24. The van der Waals surface area contributed by atoms with Gasteiger partial charge in [-0.25, -0.2) is 0 Å². The number of rotatable bonds is 3. The molecule has 15 heavy (non-hydrogen) atoms. The van der Waals surface area contributed by atoms with E-state index in [2.05, 4.69) is 24.1 Å². The van der Waals surface area contributed by atoms with Gasteiger partial charge in [0, 0.05) is 26.2 Å². The van der Waals surface area contributed by atoms with E-state index in [4.69, 9.17) is 17.0 Å². The third-order valence-electron chi connectivity index (χ3n) is 2.55. The highest BCUT2D eigenvalue weighted by Crippen LogP contribution is 2.05. The van der Waals surface area contributed by atoms with Crippen molar-refractivity contribution in [2.24, 2.45) is 0 Å². The van der Waals surface area contributed by atoms with Crippen LogP contribution in [0.4, 0.5) is 0 Å². The number of nitrogens with one attached hydrogen (secondary N) is 1. The van der Waals surface area contributed by atoms with Gasteiger partial charge in [-0.2, -0.15) is 0 Å². The number of hydrogen-bond donors (Lipinski definition) is 1.